The van der Waals surface area contributed by atoms with Gasteiger partial charge in [0.2, 0.25) is 11.8 Å². The Morgan fingerprint density at radius 2 is 1.85 bits per heavy atom. The summed E-state index contributed by atoms with van der Waals surface area (Å²) in [5.74, 6) is 0.765. The Bertz CT molecular complexity index is 669. The fraction of sp³-hybridized carbons (Fsp3) is 0.500. The van der Waals surface area contributed by atoms with Crippen LogP contribution in [0.15, 0.2) is 29.3 Å². The highest BCUT2D eigenvalue weighted by molar-refractivity contribution is 6.30. The SMILES string of the molecule is CN=C(NCC(=O)N(C)C)N1CCN(C(=O)Cc2cccc(Cl)c2)CC1. The van der Waals surface area contributed by atoms with Crippen molar-refractivity contribution in [1.82, 2.24) is 20.0 Å². The largest absolute Gasteiger partial charge is 0.347 e. The van der Waals surface area contributed by atoms with E-state index in [0.717, 1.165) is 5.56 Å². The fourth-order valence-electron chi connectivity index (χ4n) is 2.75. The normalized spacial score (nSPS) is 15.0. The molecule has 2 amide bonds. The zero-order chi connectivity index (χ0) is 19.1. The molecule has 1 saturated heterocycles. The maximum Gasteiger partial charge on any atom is 0.241 e. The Labute approximate surface area is 159 Å². The van der Waals surface area contributed by atoms with Crippen molar-refractivity contribution in [3.05, 3.63) is 34.9 Å². The standard InChI is InChI=1S/C18H26ClN5O2/c1-20-18(21-13-17(26)22(2)3)24-9-7-23(8-10-24)16(25)12-14-5-4-6-15(19)11-14/h4-6,11H,7-10,12-13H2,1-3H3,(H,20,21). The number of carbonyl (C=O) groups is 2. The smallest absolute Gasteiger partial charge is 0.241 e. The summed E-state index contributed by atoms with van der Waals surface area (Å²) in [6.07, 6.45) is 0.352. The molecular weight excluding hydrogens is 354 g/mol. The summed E-state index contributed by atoms with van der Waals surface area (Å²) < 4.78 is 0. The molecule has 0 saturated carbocycles. The number of hydrogen-bond acceptors (Lipinski definition) is 3. The van der Waals surface area contributed by atoms with E-state index in [2.05, 4.69) is 15.2 Å². The number of likely N-dealkylation sites (N-methyl/N-ethyl adjacent to an activating group) is 1. The molecule has 1 fully saturated rings. The lowest BCUT2D eigenvalue weighted by atomic mass is 10.1. The summed E-state index contributed by atoms with van der Waals surface area (Å²) >= 11 is 5.98. The van der Waals surface area contributed by atoms with Gasteiger partial charge in [-0.15, -0.1) is 0 Å². The van der Waals surface area contributed by atoms with Gasteiger partial charge in [-0.1, -0.05) is 23.7 Å². The molecule has 0 bridgehead atoms. The fourth-order valence-corrected chi connectivity index (χ4v) is 2.96. The van der Waals surface area contributed by atoms with Gasteiger partial charge in [-0.2, -0.15) is 0 Å². The highest BCUT2D eigenvalue weighted by Gasteiger charge is 2.23. The van der Waals surface area contributed by atoms with Crippen molar-refractivity contribution in [2.24, 2.45) is 4.99 Å². The minimum atomic E-state index is -0.0125. The molecule has 0 aliphatic carbocycles. The van der Waals surface area contributed by atoms with E-state index in [0.29, 0.717) is 43.6 Å². The Morgan fingerprint density at radius 3 is 2.42 bits per heavy atom. The maximum atomic E-state index is 12.5. The average Bonchev–Trinajstić information content (AvgIpc) is 2.62. The van der Waals surface area contributed by atoms with Gasteiger partial charge in [0.15, 0.2) is 5.96 Å². The summed E-state index contributed by atoms with van der Waals surface area (Å²) in [5, 5.41) is 3.72. The van der Waals surface area contributed by atoms with Crippen LogP contribution in [0.3, 0.4) is 0 Å². The first-order valence-electron chi connectivity index (χ1n) is 8.58. The van der Waals surface area contributed by atoms with Crippen molar-refractivity contribution >= 4 is 29.4 Å². The number of rotatable bonds is 4. The van der Waals surface area contributed by atoms with Gasteiger partial charge in [0.25, 0.3) is 0 Å². The van der Waals surface area contributed by atoms with Crippen molar-refractivity contribution in [2.45, 2.75) is 6.42 Å². The molecule has 142 valence electrons. The van der Waals surface area contributed by atoms with E-state index >= 15 is 0 Å². The minimum Gasteiger partial charge on any atom is -0.347 e. The molecule has 8 heteroatoms. The molecule has 1 aliphatic rings. The van der Waals surface area contributed by atoms with Crippen LogP contribution in [0.4, 0.5) is 0 Å². The first-order valence-corrected chi connectivity index (χ1v) is 8.96. The van der Waals surface area contributed by atoms with Crippen LogP contribution in [0.2, 0.25) is 5.02 Å². The van der Waals surface area contributed by atoms with Gasteiger partial charge in [0.05, 0.1) is 13.0 Å². The van der Waals surface area contributed by atoms with Gasteiger partial charge < -0.3 is 20.0 Å². The second-order valence-electron chi connectivity index (χ2n) is 6.36. The zero-order valence-electron chi connectivity index (χ0n) is 15.5. The number of piperazine rings is 1. The maximum absolute atomic E-state index is 12.5. The third-order valence-corrected chi connectivity index (χ3v) is 4.52. The summed E-state index contributed by atoms with van der Waals surface area (Å²) in [7, 11) is 5.13. The topological polar surface area (TPSA) is 68.2 Å². The third-order valence-electron chi connectivity index (χ3n) is 4.28. The number of hydrogen-bond donors (Lipinski definition) is 1. The van der Waals surface area contributed by atoms with Crippen LogP contribution in [-0.4, -0.2) is 86.3 Å². The number of benzene rings is 1. The molecule has 1 aromatic rings. The zero-order valence-corrected chi connectivity index (χ0v) is 16.3. The predicted molar refractivity (Wildman–Crippen MR) is 103 cm³/mol. The molecule has 0 aromatic heterocycles. The van der Waals surface area contributed by atoms with Gasteiger partial charge in [0, 0.05) is 52.3 Å². The molecule has 1 aliphatic heterocycles. The van der Waals surface area contributed by atoms with Crippen LogP contribution in [0.25, 0.3) is 0 Å². The highest BCUT2D eigenvalue weighted by atomic mass is 35.5. The molecule has 0 radical (unpaired) electrons. The molecular formula is C18H26ClN5O2. The number of carbonyl (C=O) groups excluding carboxylic acids is 2. The molecule has 1 heterocycles. The Morgan fingerprint density at radius 1 is 1.19 bits per heavy atom. The molecule has 1 aromatic carbocycles. The van der Waals surface area contributed by atoms with Crippen LogP contribution in [-0.2, 0) is 16.0 Å². The van der Waals surface area contributed by atoms with Crippen molar-refractivity contribution in [3.8, 4) is 0 Å². The molecule has 7 nitrogen and oxygen atoms in total. The minimum absolute atomic E-state index is 0.0125. The van der Waals surface area contributed by atoms with E-state index < -0.39 is 0 Å². The second-order valence-corrected chi connectivity index (χ2v) is 6.80. The molecule has 0 unspecified atom stereocenters. The van der Waals surface area contributed by atoms with Gasteiger partial charge in [-0.3, -0.25) is 14.6 Å². The van der Waals surface area contributed by atoms with Crippen molar-refractivity contribution in [3.63, 3.8) is 0 Å². The number of nitrogens with one attached hydrogen (secondary N) is 1. The average molecular weight is 380 g/mol. The van der Waals surface area contributed by atoms with Gasteiger partial charge in [-0.25, -0.2) is 0 Å². The number of guanidine groups is 1. The van der Waals surface area contributed by atoms with E-state index in [1.807, 2.05) is 23.1 Å². The number of amides is 2. The Hall–Kier alpha value is -2.28. The summed E-state index contributed by atoms with van der Waals surface area (Å²) in [6, 6.07) is 7.39. The summed E-state index contributed by atoms with van der Waals surface area (Å²) in [6.45, 7) is 2.81. The molecule has 1 N–H and O–H groups in total. The summed E-state index contributed by atoms with van der Waals surface area (Å²) in [4.78, 5) is 33.9. The Kier molecular flexibility index (Phi) is 7.26. The first-order chi connectivity index (χ1) is 12.4. The number of aliphatic imine (C=N–C) groups is 1. The molecule has 2 rings (SSSR count). The van der Waals surface area contributed by atoms with E-state index in [1.54, 1.807) is 27.2 Å². The van der Waals surface area contributed by atoms with E-state index in [9.17, 15) is 9.59 Å². The van der Waals surface area contributed by atoms with Crippen LogP contribution >= 0.6 is 11.6 Å². The number of halogens is 1. The van der Waals surface area contributed by atoms with Crippen molar-refractivity contribution < 1.29 is 9.59 Å². The third kappa shape index (κ3) is 5.62. The lowest BCUT2D eigenvalue weighted by molar-refractivity contribution is -0.131. The molecule has 26 heavy (non-hydrogen) atoms. The van der Waals surface area contributed by atoms with Crippen molar-refractivity contribution in [1.29, 1.82) is 0 Å². The molecule has 0 atom stereocenters. The van der Waals surface area contributed by atoms with Gasteiger partial charge in [0.1, 0.15) is 0 Å². The quantitative estimate of drug-likeness (QED) is 0.617. The van der Waals surface area contributed by atoms with Crippen LogP contribution < -0.4 is 5.32 Å². The van der Waals surface area contributed by atoms with E-state index in [-0.39, 0.29) is 18.4 Å². The lowest BCUT2D eigenvalue weighted by Gasteiger charge is -2.36. The number of nitrogens with zero attached hydrogens (tertiary/aromatic N) is 4. The monoisotopic (exact) mass is 379 g/mol. The Balaban J connectivity index is 1.83. The predicted octanol–water partition coefficient (Wildman–Crippen LogP) is 0.690. The molecule has 0 spiro atoms. The van der Waals surface area contributed by atoms with Crippen molar-refractivity contribution in [2.75, 3.05) is 53.9 Å². The first kappa shape index (κ1) is 20.0. The van der Waals surface area contributed by atoms with Gasteiger partial charge in [-0.05, 0) is 17.7 Å². The van der Waals surface area contributed by atoms with E-state index in [4.69, 9.17) is 11.6 Å². The van der Waals surface area contributed by atoms with Crippen LogP contribution in [0.5, 0.6) is 0 Å². The van der Waals surface area contributed by atoms with Gasteiger partial charge >= 0.3 is 0 Å². The highest BCUT2D eigenvalue weighted by Crippen LogP contribution is 2.13. The summed E-state index contributed by atoms with van der Waals surface area (Å²) in [5.41, 5.74) is 0.921. The van der Waals surface area contributed by atoms with E-state index in [1.165, 1.54) is 4.90 Å². The van der Waals surface area contributed by atoms with Crippen LogP contribution in [0.1, 0.15) is 5.56 Å². The van der Waals surface area contributed by atoms with Crippen LogP contribution in [0, 0.1) is 0 Å². The second kappa shape index (κ2) is 9.43. The lowest BCUT2D eigenvalue weighted by Crippen LogP contribution is -2.54.